The van der Waals surface area contributed by atoms with Gasteiger partial charge in [-0.15, -0.1) is 0 Å². The van der Waals surface area contributed by atoms with Gasteiger partial charge in [0, 0.05) is 23.1 Å². The third kappa shape index (κ3) is 3.70. The Morgan fingerprint density at radius 1 is 1.47 bits per heavy atom. The largest absolute Gasteiger partial charge is 0.496 e. The number of carbonyl (C=O) groups is 1. The summed E-state index contributed by atoms with van der Waals surface area (Å²) in [6.07, 6.45) is 1.41. The molecule has 1 amide bonds. The zero-order valence-corrected chi connectivity index (χ0v) is 12.5. The van der Waals surface area contributed by atoms with E-state index in [2.05, 4.69) is 15.9 Å². The summed E-state index contributed by atoms with van der Waals surface area (Å²) in [6, 6.07) is 5.66. The summed E-state index contributed by atoms with van der Waals surface area (Å²) in [5, 5.41) is 9.45. The van der Waals surface area contributed by atoms with Crippen LogP contribution in [0.3, 0.4) is 0 Å². The molecule has 104 valence electrons. The van der Waals surface area contributed by atoms with Crippen LogP contribution >= 0.6 is 15.9 Å². The maximum atomic E-state index is 12.2. The Bertz CT molecular complexity index is 456. The summed E-state index contributed by atoms with van der Waals surface area (Å²) in [6.45, 7) is 1.27. The normalized spacial score (nSPS) is 16.5. The highest BCUT2D eigenvalue weighted by Gasteiger charge is 2.22. The predicted octanol–water partition coefficient (Wildman–Crippen LogP) is 1.98. The summed E-state index contributed by atoms with van der Waals surface area (Å²) in [5.74, 6) is 0.817. The molecule has 1 fully saturated rings. The number of nitrogens with zero attached hydrogens (tertiary/aromatic N) is 1. The molecule has 1 aliphatic rings. The second-order valence-corrected chi connectivity index (χ2v) is 5.66. The molecule has 0 aromatic heterocycles. The monoisotopic (exact) mass is 327 g/mol. The van der Waals surface area contributed by atoms with Gasteiger partial charge in [-0.3, -0.25) is 4.79 Å². The van der Waals surface area contributed by atoms with Gasteiger partial charge in [-0.2, -0.15) is 0 Å². The molecule has 1 aliphatic heterocycles. The van der Waals surface area contributed by atoms with Crippen molar-refractivity contribution in [2.24, 2.45) is 0 Å². The molecular weight excluding hydrogens is 310 g/mol. The summed E-state index contributed by atoms with van der Waals surface area (Å²) in [4.78, 5) is 14.0. The van der Waals surface area contributed by atoms with Gasteiger partial charge in [-0.25, -0.2) is 0 Å². The Morgan fingerprint density at radius 3 is 2.79 bits per heavy atom. The van der Waals surface area contributed by atoms with E-state index >= 15 is 0 Å². The van der Waals surface area contributed by atoms with Crippen LogP contribution in [-0.4, -0.2) is 42.2 Å². The molecule has 1 aromatic carbocycles. The first kappa shape index (κ1) is 14.3. The quantitative estimate of drug-likeness (QED) is 0.923. The number of hydrogen-bond donors (Lipinski definition) is 1. The fourth-order valence-electron chi connectivity index (χ4n) is 2.28. The number of carbonyl (C=O) groups excluding carboxylic acids is 1. The molecule has 4 nitrogen and oxygen atoms in total. The SMILES string of the molecule is COc1ccc(Br)cc1CC(=O)N1CCC(O)CC1. The average molecular weight is 328 g/mol. The fraction of sp³-hybridized carbons (Fsp3) is 0.500. The molecule has 5 heteroatoms. The average Bonchev–Trinajstić information content (AvgIpc) is 2.39. The van der Waals surface area contributed by atoms with Crippen LogP contribution in [0.5, 0.6) is 5.75 Å². The summed E-state index contributed by atoms with van der Waals surface area (Å²) < 4.78 is 6.21. The van der Waals surface area contributed by atoms with Gasteiger partial charge in [0.05, 0.1) is 19.6 Å². The Morgan fingerprint density at radius 2 is 2.16 bits per heavy atom. The number of halogens is 1. The molecule has 1 saturated heterocycles. The van der Waals surface area contributed by atoms with Crippen LogP contribution in [0.4, 0.5) is 0 Å². The van der Waals surface area contributed by atoms with Gasteiger partial charge in [-0.1, -0.05) is 15.9 Å². The molecule has 0 spiro atoms. The van der Waals surface area contributed by atoms with Gasteiger partial charge in [0.2, 0.25) is 5.91 Å². The molecule has 1 aromatic rings. The number of aliphatic hydroxyl groups is 1. The van der Waals surface area contributed by atoms with Crippen molar-refractivity contribution in [1.82, 2.24) is 4.90 Å². The zero-order valence-electron chi connectivity index (χ0n) is 10.9. The van der Waals surface area contributed by atoms with Gasteiger partial charge in [0.1, 0.15) is 5.75 Å². The molecule has 0 unspecified atom stereocenters. The molecule has 0 aliphatic carbocycles. The van der Waals surface area contributed by atoms with E-state index in [1.54, 1.807) is 7.11 Å². The number of rotatable bonds is 3. The minimum Gasteiger partial charge on any atom is -0.496 e. The molecule has 1 N–H and O–H groups in total. The second kappa shape index (κ2) is 6.39. The molecule has 19 heavy (non-hydrogen) atoms. The van der Waals surface area contributed by atoms with E-state index in [9.17, 15) is 9.90 Å². The van der Waals surface area contributed by atoms with E-state index in [4.69, 9.17) is 4.74 Å². The second-order valence-electron chi connectivity index (χ2n) is 4.74. The minimum absolute atomic E-state index is 0.0864. The van der Waals surface area contributed by atoms with Crippen molar-refractivity contribution < 1.29 is 14.6 Å². The van der Waals surface area contributed by atoms with Crippen molar-refractivity contribution in [2.75, 3.05) is 20.2 Å². The van der Waals surface area contributed by atoms with Crippen molar-refractivity contribution in [1.29, 1.82) is 0 Å². The Kier molecular flexibility index (Phi) is 4.82. The predicted molar refractivity (Wildman–Crippen MR) is 76.2 cm³/mol. The highest BCUT2D eigenvalue weighted by atomic mass is 79.9. The number of aliphatic hydroxyl groups excluding tert-OH is 1. The zero-order chi connectivity index (χ0) is 13.8. The standard InChI is InChI=1S/C14H18BrNO3/c1-19-13-3-2-11(15)8-10(13)9-14(18)16-6-4-12(17)5-7-16/h2-3,8,12,17H,4-7,9H2,1H3. The van der Waals surface area contributed by atoms with Crippen molar-refractivity contribution in [3.63, 3.8) is 0 Å². The first-order valence-electron chi connectivity index (χ1n) is 6.38. The number of likely N-dealkylation sites (tertiary alicyclic amines) is 1. The molecule has 0 atom stereocenters. The molecule has 2 rings (SSSR count). The van der Waals surface area contributed by atoms with Crippen LogP contribution in [-0.2, 0) is 11.2 Å². The number of methoxy groups -OCH3 is 1. The highest BCUT2D eigenvalue weighted by molar-refractivity contribution is 9.10. The van der Waals surface area contributed by atoms with Gasteiger partial charge in [-0.05, 0) is 31.0 Å². The van der Waals surface area contributed by atoms with E-state index in [0.717, 1.165) is 15.8 Å². The summed E-state index contributed by atoms with van der Waals surface area (Å²) in [5.41, 5.74) is 0.882. The maximum Gasteiger partial charge on any atom is 0.227 e. The lowest BCUT2D eigenvalue weighted by atomic mass is 10.1. The van der Waals surface area contributed by atoms with Crippen molar-refractivity contribution in [3.05, 3.63) is 28.2 Å². The fourth-order valence-corrected chi connectivity index (χ4v) is 2.68. The lowest BCUT2D eigenvalue weighted by molar-refractivity contribution is -0.132. The van der Waals surface area contributed by atoms with Gasteiger partial charge < -0.3 is 14.7 Å². The molecule has 0 bridgehead atoms. The number of ether oxygens (including phenoxy) is 1. The maximum absolute atomic E-state index is 12.2. The third-order valence-corrected chi connectivity index (χ3v) is 3.89. The van der Waals surface area contributed by atoms with Crippen LogP contribution in [0.2, 0.25) is 0 Å². The van der Waals surface area contributed by atoms with E-state index in [1.807, 2.05) is 23.1 Å². The van der Waals surface area contributed by atoms with Crippen LogP contribution in [0.15, 0.2) is 22.7 Å². The summed E-state index contributed by atoms with van der Waals surface area (Å²) in [7, 11) is 1.61. The third-order valence-electron chi connectivity index (χ3n) is 3.40. The first-order chi connectivity index (χ1) is 9.10. The van der Waals surface area contributed by atoms with Crippen LogP contribution in [0.25, 0.3) is 0 Å². The number of piperidine rings is 1. The number of amides is 1. The summed E-state index contributed by atoms with van der Waals surface area (Å²) >= 11 is 3.41. The smallest absolute Gasteiger partial charge is 0.227 e. The minimum atomic E-state index is -0.260. The topological polar surface area (TPSA) is 49.8 Å². The van der Waals surface area contributed by atoms with E-state index < -0.39 is 0 Å². The van der Waals surface area contributed by atoms with Crippen LogP contribution < -0.4 is 4.74 Å². The lowest BCUT2D eigenvalue weighted by Crippen LogP contribution is -2.40. The molecular formula is C14H18BrNO3. The first-order valence-corrected chi connectivity index (χ1v) is 7.17. The number of hydrogen-bond acceptors (Lipinski definition) is 3. The van der Waals surface area contributed by atoms with Gasteiger partial charge >= 0.3 is 0 Å². The Labute approximate surface area is 121 Å². The molecule has 0 saturated carbocycles. The Hall–Kier alpha value is -1.07. The van der Waals surface area contributed by atoms with Crippen molar-refractivity contribution in [2.45, 2.75) is 25.4 Å². The lowest BCUT2D eigenvalue weighted by Gasteiger charge is -2.29. The molecule has 0 radical (unpaired) electrons. The van der Waals surface area contributed by atoms with Gasteiger partial charge in [0.15, 0.2) is 0 Å². The van der Waals surface area contributed by atoms with Crippen molar-refractivity contribution >= 4 is 21.8 Å². The van der Waals surface area contributed by atoms with Crippen LogP contribution in [0.1, 0.15) is 18.4 Å². The van der Waals surface area contributed by atoms with E-state index in [-0.39, 0.29) is 12.0 Å². The van der Waals surface area contributed by atoms with E-state index in [1.165, 1.54) is 0 Å². The van der Waals surface area contributed by atoms with Crippen LogP contribution in [0, 0.1) is 0 Å². The number of benzene rings is 1. The molecule has 1 heterocycles. The van der Waals surface area contributed by atoms with E-state index in [0.29, 0.717) is 32.4 Å². The Balaban J connectivity index is 2.04. The van der Waals surface area contributed by atoms with Crippen molar-refractivity contribution in [3.8, 4) is 5.75 Å². The highest BCUT2D eigenvalue weighted by Crippen LogP contribution is 2.24. The van der Waals surface area contributed by atoms with Gasteiger partial charge in [0.25, 0.3) is 0 Å².